The van der Waals surface area contributed by atoms with E-state index in [-0.39, 0.29) is 5.54 Å². The molecule has 100 valence electrons. The number of rotatable bonds is 4. The molecule has 1 aliphatic rings. The van der Waals surface area contributed by atoms with E-state index < -0.39 is 0 Å². The Labute approximate surface area is 110 Å². The average Bonchev–Trinajstić information content (AvgIpc) is 2.71. The van der Waals surface area contributed by atoms with Gasteiger partial charge in [0.15, 0.2) is 0 Å². The van der Waals surface area contributed by atoms with E-state index in [1.807, 2.05) is 12.1 Å². The van der Waals surface area contributed by atoms with Gasteiger partial charge in [0.1, 0.15) is 5.75 Å². The molecule has 0 bridgehead atoms. The Hall–Kier alpha value is -1.06. The summed E-state index contributed by atoms with van der Waals surface area (Å²) in [6, 6.07) is 8.97. The molecule has 1 saturated heterocycles. The van der Waals surface area contributed by atoms with Crippen molar-refractivity contribution in [3.63, 3.8) is 0 Å². The Kier molecular flexibility index (Phi) is 3.93. The van der Waals surface area contributed by atoms with E-state index in [4.69, 9.17) is 4.74 Å². The lowest BCUT2D eigenvalue weighted by molar-refractivity contribution is 0.240. The summed E-state index contributed by atoms with van der Waals surface area (Å²) in [5.41, 5.74) is 1.61. The molecule has 0 amide bonds. The highest BCUT2D eigenvalue weighted by molar-refractivity contribution is 5.27. The molecule has 2 rings (SSSR count). The number of likely N-dealkylation sites (N-methyl/N-ethyl adjacent to an activating group) is 1. The zero-order valence-electron chi connectivity index (χ0n) is 11.9. The highest BCUT2D eigenvalue weighted by Crippen LogP contribution is 2.22. The van der Waals surface area contributed by atoms with Crippen molar-refractivity contribution in [1.82, 2.24) is 10.2 Å². The largest absolute Gasteiger partial charge is 0.497 e. The summed E-state index contributed by atoms with van der Waals surface area (Å²) in [7, 11) is 3.91. The van der Waals surface area contributed by atoms with E-state index in [0.717, 1.165) is 18.8 Å². The molecule has 1 fully saturated rings. The van der Waals surface area contributed by atoms with Gasteiger partial charge in [-0.25, -0.2) is 0 Å². The number of methoxy groups -OCH3 is 1. The first-order valence-corrected chi connectivity index (χ1v) is 6.58. The van der Waals surface area contributed by atoms with Crippen molar-refractivity contribution in [3.8, 4) is 5.75 Å². The summed E-state index contributed by atoms with van der Waals surface area (Å²) in [6.45, 7) is 6.62. The Bertz CT molecular complexity index is 386. The Morgan fingerprint density at radius 1 is 1.33 bits per heavy atom. The lowest BCUT2D eigenvalue weighted by Gasteiger charge is -2.25. The van der Waals surface area contributed by atoms with Crippen molar-refractivity contribution >= 4 is 0 Å². The fourth-order valence-electron chi connectivity index (χ4n) is 2.59. The van der Waals surface area contributed by atoms with Crippen LogP contribution in [0.2, 0.25) is 0 Å². The number of benzene rings is 1. The van der Waals surface area contributed by atoms with E-state index in [2.05, 4.69) is 43.2 Å². The fraction of sp³-hybridized carbons (Fsp3) is 0.600. The van der Waals surface area contributed by atoms with Gasteiger partial charge < -0.3 is 10.1 Å². The molecule has 1 aliphatic heterocycles. The van der Waals surface area contributed by atoms with Gasteiger partial charge in [-0.3, -0.25) is 4.90 Å². The number of hydrogen-bond donors (Lipinski definition) is 1. The molecule has 0 spiro atoms. The zero-order valence-corrected chi connectivity index (χ0v) is 11.9. The Morgan fingerprint density at radius 2 is 2.00 bits per heavy atom. The van der Waals surface area contributed by atoms with Crippen LogP contribution in [0.1, 0.15) is 25.8 Å². The van der Waals surface area contributed by atoms with E-state index in [1.54, 1.807) is 7.11 Å². The molecule has 1 aromatic rings. The topological polar surface area (TPSA) is 24.5 Å². The Morgan fingerprint density at radius 3 is 2.50 bits per heavy atom. The van der Waals surface area contributed by atoms with Gasteiger partial charge in [-0.1, -0.05) is 12.1 Å². The maximum Gasteiger partial charge on any atom is 0.118 e. The first-order chi connectivity index (χ1) is 8.50. The normalized spacial score (nSPS) is 22.4. The van der Waals surface area contributed by atoms with Crippen molar-refractivity contribution in [2.45, 2.75) is 38.4 Å². The molecular weight excluding hydrogens is 224 g/mol. The minimum Gasteiger partial charge on any atom is -0.497 e. The number of nitrogens with one attached hydrogen (secondary N) is 1. The minimum absolute atomic E-state index is 0.277. The van der Waals surface area contributed by atoms with Crippen LogP contribution in [0.4, 0.5) is 0 Å². The average molecular weight is 248 g/mol. The van der Waals surface area contributed by atoms with E-state index >= 15 is 0 Å². The first kappa shape index (κ1) is 13.4. The molecule has 1 aromatic carbocycles. The molecule has 3 heteroatoms. The molecule has 1 N–H and O–H groups in total. The van der Waals surface area contributed by atoms with Crippen LogP contribution in [0.3, 0.4) is 0 Å². The predicted molar refractivity (Wildman–Crippen MR) is 74.9 cm³/mol. The number of ether oxygens (including phenoxy) is 1. The van der Waals surface area contributed by atoms with Crippen molar-refractivity contribution in [2.24, 2.45) is 0 Å². The van der Waals surface area contributed by atoms with Crippen LogP contribution in [-0.2, 0) is 6.54 Å². The van der Waals surface area contributed by atoms with Gasteiger partial charge in [0.25, 0.3) is 0 Å². The summed E-state index contributed by atoms with van der Waals surface area (Å²) in [6.07, 6.45) is 1.21. The van der Waals surface area contributed by atoms with Crippen molar-refractivity contribution < 1.29 is 4.74 Å². The molecule has 1 atom stereocenters. The quantitative estimate of drug-likeness (QED) is 0.884. The molecule has 0 aromatic heterocycles. The third kappa shape index (κ3) is 3.24. The van der Waals surface area contributed by atoms with Crippen LogP contribution in [-0.4, -0.2) is 37.2 Å². The highest BCUT2D eigenvalue weighted by Gasteiger charge is 2.32. The predicted octanol–water partition coefficient (Wildman–Crippen LogP) is 2.27. The third-order valence-corrected chi connectivity index (χ3v) is 3.78. The van der Waals surface area contributed by atoms with Gasteiger partial charge in [0.05, 0.1) is 7.11 Å². The monoisotopic (exact) mass is 248 g/mol. The number of nitrogens with zero attached hydrogens (tertiary/aromatic N) is 1. The smallest absolute Gasteiger partial charge is 0.118 e. The van der Waals surface area contributed by atoms with Crippen LogP contribution in [0.5, 0.6) is 5.75 Å². The molecule has 3 nitrogen and oxygen atoms in total. The standard InChI is InChI=1S/C15H24N2O/c1-15(2)9-13(10-16-15)17(3)11-12-5-7-14(18-4)8-6-12/h5-8,13,16H,9-11H2,1-4H3. The first-order valence-electron chi connectivity index (χ1n) is 6.58. The van der Waals surface area contributed by atoms with Crippen LogP contribution in [0.15, 0.2) is 24.3 Å². The summed E-state index contributed by atoms with van der Waals surface area (Å²) in [5, 5.41) is 3.57. The summed E-state index contributed by atoms with van der Waals surface area (Å²) in [5.74, 6) is 0.921. The maximum absolute atomic E-state index is 5.18. The lowest BCUT2D eigenvalue weighted by Crippen LogP contribution is -2.32. The maximum atomic E-state index is 5.18. The van der Waals surface area contributed by atoms with Crippen LogP contribution in [0.25, 0.3) is 0 Å². The molecular formula is C15H24N2O. The van der Waals surface area contributed by atoms with Crippen LogP contribution in [0, 0.1) is 0 Å². The molecule has 18 heavy (non-hydrogen) atoms. The summed E-state index contributed by atoms with van der Waals surface area (Å²) < 4.78 is 5.18. The second-order valence-corrected chi connectivity index (χ2v) is 5.89. The zero-order chi connectivity index (χ0) is 13.2. The van der Waals surface area contributed by atoms with Gasteiger partial charge in [-0.15, -0.1) is 0 Å². The van der Waals surface area contributed by atoms with E-state index in [9.17, 15) is 0 Å². The van der Waals surface area contributed by atoms with E-state index in [1.165, 1.54) is 12.0 Å². The fourth-order valence-corrected chi connectivity index (χ4v) is 2.59. The highest BCUT2D eigenvalue weighted by atomic mass is 16.5. The van der Waals surface area contributed by atoms with Crippen LogP contribution >= 0.6 is 0 Å². The third-order valence-electron chi connectivity index (χ3n) is 3.78. The molecule has 0 saturated carbocycles. The Balaban J connectivity index is 1.92. The summed E-state index contributed by atoms with van der Waals surface area (Å²) >= 11 is 0. The summed E-state index contributed by atoms with van der Waals surface area (Å²) in [4.78, 5) is 2.43. The number of hydrogen-bond acceptors (Lipinski definition) is 3. The molecule has 0 radical (unpaired) electrons. The lowest BCUT2D eigenvalue weighted by atomic mass is 10.0. The van der Waals surface area contributed by atoms with Gasteiger partial charge in [-0.05, 0) is 45.0 Å². The van der Waals surface area contributed by atoms with E-state index in [0.29, 0.717) is 6.04 Å². The molecule has 1 unspecified atom stereocenters. The second kappa shape index (κ2) is 5.29. The minimum atomic E-state index is 0.277. The van der Waals surface area contributed by atoms with Crippen molar-refractivity contribution in [1.29, 1.82) is 0 Å². The van der Waals surface area contributed by atoms with Gasteiger partial charge >= 0.3 is 0 Å². The van der Waals surface area contributed by atoms with Crippen molar-refractivity contribution in [2.75, 3.05) is 20.7 Å². The molecule has 1 heterocycles. The van der Waals surface area contributed by atoms with Gasteiger partial charge in [-0.2, -0.15) is 0 Å². The van der Waals surface area contributed by atoms with Crippen LogP contribution < -0.4 is 10.1 Å². The van der Waals surface area contributed by atoms with Crippen molar-refractivity contribution in [3.05, 3.63) is 29.8 Å². The van der Waals surface area contributed by atoms with Gasteiger partial charge in [0, 0.05) is 24.7 Å². The molecule has 0 aliphatic carbocycles. The SMILES string of the molecule is COc1ccc(CN(C)C2CNC(C)(C)C2)cc1. The van der Waals surface area contributed by atoms with Gasteiger partial charge in [0.2, 0.25) is 0 Å². The second-order valence-electron chi connectivity index (χ2n) is 5.89.